The first-order valence-corrected chi connectivity index (χ1v) is 8.09. The molecule has 0 atom stereocenters. The summed E-state index contributed by atoms with van der Waals surface area (Å²) in [6.45, 7) is 1.74. The monoisotopic (exact) mass is 330 g/mol. The van der Waals surface area contributed by atoms with Gasteiger partial charge in [-0.05, 0) is 61.3 Å². The molecule has 0 bridgehead atoms. The van der Waals surface area contributed by atoms with Crippen molar-refractivity contribution >= 4 is 5.91 Å². The Kier molecular flexibility index (Phi) is 4.90. The van der Waals surface area contributed by atoms with E-state index in [0.29, 0.717) is 11.1 Å². The Balaban J connectivity index is 1.81. The van der Waals surface area contributed by atoms with Gasteiger partial charge in [0.1, 0.15) is 11.6 Å². The third-order valence-corrected chi connectivity index (χ3v) is 4.55. The summed E-state index contributed by atoms with van der Waals surface area (Å²) in [5.74, 6) is -1.19. The van der Waals surface area contributed by atoms with E-state index in [-0.39, 0.29) is 23.3 Å². The van der Waals surface area contributed by atoms with Crippen LogP contribution in [0.4, 0.5) is 8.78 Å². The predicted molar refractivity (Wildman–Crippen MR) is 89.8 cm³/mol. The lowest BCUT2D eigenvalue weighted by atomic mass is 10.0. The van der Waals surface area contributed by atoms with Gasteiger partial charge in [-0.1, -0.05) is 18.2 Å². The SMILES string of the molecule is CN(C(=O)c1ccc(-c2ccc(F)cc2)cc1F)C1CCNCC1. The Bertz CT molecular complexity index is 725. The zero-order chi connectivity index (χ0) is 17.1. The number of halogens is 2. The molecule has 0 spiro atoms. The van der Waals surface area contributed by atoms with Crippen molar-refractivity contribution in [2.45, 2.75) is 18.9 Å². The first-order valence-electron chi connectivity index (χ1n) is 8.09. The van der Waals surface area contributed by atoms with Crippen molar-refractivity contribution < 1.29 is 13.6 Å². The Morgan fingerprint density at radius 3 is 2.29 bits per heavy atom. The fourth-order valence-electron chi connectivity index (χ4n) is 3.06. The normalized spacial score (nSPS) is 15.3. The maximum Gasteiger partial charge on any atom is 0.256 e. The van der Waals surface area contributed by atoms with Crippen molar-refractivity contribution in [1.82, 2.24) is 10.2 Å². The summed E-state index contributed by atoms with van der Waals surface area (Å²) in [4.78, 5) is 14.2. The van der Waals surface area contributed by atoms with Gasteiger partial charge in [0.05, 0.1) is 5.56 Å². The van der Waals surface area contributed by atoms with E-state index < -0.39 is 5.82 Å². The fraction of sp³-hybridized carbons (Fsp3) is 0.316. The molecule has 1 fully saturated rings. The average Bonchev–Trinajstić information content (AvgIpc) is 2.62. The standard InChI is InChI=1S/C19H20F2N2O/c1-23(16-8-10-22-11-9-16)19(24)17-7-4-14(12-18(17)21)13-2-5-15(20)6-3-13/h2-7,12,16,22H,8-11H2,1H3. The van der Waals surface area contributed by atoms with Gasteiger partial charge in [0, 0.05) is 13.1 Å². The molecule has 3 nitrogen and oxygen atoms in total. The van der Waals surface area contributed by atoms with E-state index in [1.807, 2.05) is 0 Å². The Hall–Kier alpha value is -2.27. The largest absolute Gasteiger partial charge is 0.339 e. The van der Waals surface area contributed by atoms with Gasteiger partial charge >= 0.3 is 0 Å². The lowest BCUT2D eigenvalue weighted by Gasteiger charge is -2.31. The molecule has 2 aromatic carbocycles. The molecule has 1 heterocycles. The highest BCUT2D eigenvalue weighted by atomic mass is 19.1. The van der Waals surface area contributed by atoms with Gasteiger partial charge in [0.2, 0.25) is 0 Å². The van der Waals surface area contributed by atoms with Crippen molar-refractivity contribution in [3.8, 4) is 11.1 Å². The summed E-state index contributed by atoms with van der Waals surface area (Å²) in [6, 6.07) is 10.5. The van der Waals surface area contributed by atoms with Crippen molar-refractivity contribution in [2.75, 3.05) is 20.1 Å². The van der Waals surface area contributed by atoms with Gasteiger partial charge in [0.15, 0.2) is 0 Å². The molecule has 0 aromatic heterocycles. The van der Waals surface area contributed by atoms with E-state index in [2.05, 4.69) is 5.32 Å². The third kappa shape index (κ3) is 3.46. The van der Waals surface area contributed by atoms with E-state index in [4.69, 9.17) is 0 Å². The summed E-state index contributed by atoms with van der Waals surface area (Å²) >= 11 is 0. The van der Waals surface area contributed by atoms with E-state index in [1.165, 1.54) is 24.3 Å². The van der Waals surface area contributed by atoms with Crippen LogP contribution in [0.3, 0.4) is 0 Å². The second-order valence-electron chi connectivity index (χ2n) is 6.10. The van der Waals surface area contributed by atoms with Gasteiger partial charge in [-0.3, -0.25) is 4.79 Å². The molecule has 3 rings (SSSR count). The van der Waals surface area contributed by atoms with Crippen LogP contribution in [0.1, 0.15) is 23.2 Å². The molecule has 1 aliphatic rings. The summed E-state index contributed by atoms with van der Waals surface area (Å²) in [6.07, 6.45) is 1.75. The highest BCUT2D eigenvalue weighted by molar-refractivity contribution is 5.95. The van der Waals surface area contributed by atoms with E-state index in [0.717, 1.165) is 25.9 Å². The van der Waals surface area contributed by atoms with Crippen LogP contribution in [0.25, 0.3) is 11.1 Å². The van der Waals surface area contributed by atoms with Gasteiger partial charge in [-0.15, -0.1) is 0 Å². The van der Waals surface area contributed by atoms with Crippen LogP contribution in [0.5, 0.6) is 0 Å². The van der Waals surface area contributed by atoms with Crippen LogP contribution in [-0.4, -0.2) is 37.0 Å². The number of carbonyl (C=O) groups excluding carboxylic acids is 1. The van der Waals surface area contributed by atoms with Crippen LogP contribution in [0.2, 0.25) is 0 Å². The van der Waals surface area contributed by atoms with Crippen LogP contribution >= 0.6 is 0 Å². The molecular weight excluding hydrogens is 310 g/mol. The quantitative estimate of drug-likeness (QED) is 0.935. The van der Waals surface area contributed by atoms with Crippen molar-refractivity contribution in [1.29, 1.82) is 0 Å². The molecule has 24 heavy (non-hydrogen) atoms. The van der Waals surface area contributed by atoms with Gasteiger partial charge in [0.25, 0.3) is 5.91 Å². The second-order valence-corrected chi connectivity index (χ2v) is 6.10. The Morgan fingerprint density at radius 1 is 1.04 bits per heavy atom. The number of hydrogen-bond acceptors (Lipinski definition) is 2. The highest BCUT2D eigenvalue weighted by Gasteiger charge is 2.24. The molecule has 1 amide bonds. The maximum atomic E-state index is 14.5. The maximum absolute atomic E-state index is 14.5. The fourth-order valence-corrected chi connectivity index (χ4v) is 3.06. The molecular formula is C19H20F2N2O. The van der Waals surface area contributed by atoms with Crippen LogP contribution in [-0.2, 0) is 0 Å². The summed E-state index contributed by atoms with van der Waals surface area (Å²) in [7, 11) is 1.73. The number of carbonyl (C=O) groups is 1. The zero-order valence-corrected chi connectivity index (χ0v) is 13.6. The molecule has 1 aliphatic heterocycles. The molecule has 0 saturated carbocycles. The molecule has 126 valence electrons. The first kappa shape index (κ1) is 16.6. The third-order valence-electron chi connectivity index (χ3n) is 4.55. The summed E-state index contributed by atoms with van der Waals surface area (Å²) in [5, 5.41) is 3.25. The summed E-state index contributed by atoms with van der Waals surface area (Å²) in [5.41, 5.74) is 1.40. The Morgan fingerprint density at radius 2 is 1.67 bits per heavy atom. The van der Waals surface area contributed by atoms with Crippen molar-refractivity contribution in [3.63, 3.8) is 0 Å². The lowest BCUT2D eigenvalue weighted by Crippen LogP contribution is -2.44. The van der Waals surface area contributed by atoms with Gasteiger partial charge < -0.3 is 10.2 Å². The smallest absolute Gasteiger partial charge is 0.256 e. The number of rotatable bonds is 3. The van der Waals surface area contributed by atoms with Crippen molar-refractivity contribution in [3.05, 3.63) is 59.7 Å². The second kappa shape index (κ2) is 7.09. The molecule has 1 saturated heterocycles. The average molecular weight is 330 g/mol. The number of amides is 1. The van der Waals surface area contributed by atoms with Crippen LogP contribution in [0, 0.1) is 11.6 Å². The number of piperidine rings is 1. The minimum Gasteiger partial charge on any atom is -0.339 e. The van der Waals surface area contributed by atoms with Crippen LogP contribution < -0.4 is 5.32 Å². The molecule has 2 aromatic rings. The van der Waals surface area contributed by atoms with Gasteiger partial charge in [-0.2, -0.15) is 0 Å². The van der Waals surface area contributed by atoms with Crippen LogP contribution in [0.15, 0.2) is 42.5 Å². The van der Waals surface area contributed by atoms with E-state index in [1.54, 1.807) is 30.1 Å². The summed E-state index contributed by atoms with van der Waals surface area (Å²) < 4.78 is 27.4. The molecule has 0 aliphatic carbocycles. The number of benzene rings is 2. The minimum absolute atomic E-state index is 0.0712. The van der Waals surface area contributed by atoms with Crippen molar-refractivity contribution in [2.24, 2.45) is 0 Å². The molecule has 0 unspecified atom stereocenters. The first-order chi connectivity index (χ1) is 11.6. The zero-order valence-electron chi connectivity index (χ0n) is 13.6. The van der Waals surface area contributed by atoms with E-state index >= 15 is 0 Å². The molecule has 5 heteroatoms. The number of hydrogen-bond donors (Lipinski definition) is 1. The molecule has 0 radical (unpaired) electrons. The molecule has 1 N–H and O–H groups in total. The van der Waals surface area contributed by atoms with Gasteiger partial charge in [-0.25, -0.2) is 8.78 Å². The number of nitrogens with one attached hydrogen (secondary N) is 1. The predicted octanol–water partition coefficient (Wildman–Crippen LogP) is 3.46. The van der Waals surface area contributed by atoms with E-state index in [9.17, 15) is 13.6 Å². The lowest BCUT2D eigenvalue weighted by molar-refractivity contribution is 0.0698. The highest BCUT2D eigenvalue weighted by Crippen LogP contribution is 2.24. The topological polar surface area (TPSA) is 32.3 Å². The minimum atomic E-state index is -0.553. The Labute approximate surface area is 140 Å². The number of nitrogens with zero attached hydrogens (tertiary/aromatic N) is 1.